The number of carbonyl (C=O) groups is 1. The SMILES string of the molecule is CC(=O)c1cn(C2=CC=CC(Br)C2)c2ncccc2c1=O. The molecule has 0 amide bonds. The van der Waals surface area contributed by atoms with Gasteiger partial charge in [-0.15, -0.1) is 0 Å². The molecule has 3 rings (SSSR count). The molecule has 2 heterocycles. The Hall–Kier alpha value is -2.01. The molecule has 4 nitrogen and oxygen atoms in total. The van der Waals surface area contributed by atoms with E-state index in [1.54, 1.807) is 24.5 Å². The first-order valence-electron chi connectivity index (χ1n) is 6.61. The van der Waals surface area contributed by atoms with E-state index in [0.29, 0.717) is 11.0 Å². The molecule has 1 atom stereocenters. The molecule has 0 N–H and O–H groups in total. The third-order valence-electron chi connectivity index (χ3n) is 3.46. The molecule has 21 heavy (non-hydrogen) atoms. The first kappa shape index (κ1) is 13.9. The van der Waals surface area contributed by atoms with Crippen molar-refractivity contribution in [1.29, 1.82) is 0 Å². The lowest BCUT2D eigenvalue weighted by molar-refractivity contribution is 0.101. The maximum absolute atomic E-state index is 12.4. The molecule has 1 unspecified atom stereocenters. The Morgan fingerprint density at radius 2 is 2.29 bits per heavy atom. The lowest BCUT2D eigenvalue weighted by atomic mass is 10.1. The Morgan fingerprint density at radius 3 is 3.00 bits per heavy atom. The number of hydrogen-bond acceptors (Lipinski definition) is 3. The van der Waals surface area contributed by atoms with Crippen LogP contribution in [0, 0.1) is 0 Å². The monoisotopic (exact) mass is 344 g/mol. The normalized spacial score (nSPS) is 17.8. The molecule has 1 aliphatic rings. The van der Waals surface area contributed by atoms with Gasteiger partial charge in [-0.05, 0) is 25.1 Å². The van der Waals surface area contributed by atoms with Gasteiger partial charge in [0, 0.05) is 29.3 Å². The quantitative estimate of drug-likeness (QED) is 0.621. The Morgan fingerprint density at radius 1 is 1.48 bits per heavy atom. The minimum Gasteiger partial charge on any atom is -0.304 e. The third-order valence-corrected chi connectivity index (χ3v) is 4.09. The number of aromatic nitrogens is 2. The van der Waals surface area contributed by atoms with Crippen LogP contribution in [0.25, 0.3) is 16.7 Å². The molecule has 0 fully saturated rings. The fraction of sp³-hybridized carbons (Fsp3) is 0.188. The maximum Gasteiger partial charge on any atom is 0.201 e. The Labute approximate surface area is 129 Å². The van der Waals surface area contributed by atoms with E-state index >= 15 is 0 Å². The number of halogens is 1. The molecule has 1 aliphatic carbocycles. The van der Waals surface area contributed by atoms with Crippen LogP contribution in [0.15, 0.2) is 47.5 Å². The zero-order chi connectivity index (χ0) is 15.0. The molecular weight excluding hydrogens is 332 g/mol. The lowest BCUT2D eigenvalue weighted by Gasteiger charge is -2.18. The average molecular weight is 345 g/mol. The highest BCUT2D eigenvalue weighted by Gasteiger charge is 2.17. The minimum atomic E-state index is -0.260. The van der Waals surface area contributed by atoms with Crippen molar-refractivity contribution in [2.45, 2.75) is 18.2 Å². The molecule has 0 aliphatic heterocycles. The number of allylic oxidation sites excluding steroid dienone is 4. The highest BCUT2D eigenvalue weighted by Crippen LogP contribution is 2.25. The van der Waals surface area contributed by atoms with Gasteiger partial charge in [-0.1, -0.05) is 28.1 Å². The second-order valence-electron chi connectivity index (χ2n) is 4.94. The van der Waals surface area contributed by atoms with Crippen molar-refractivity contribution < 1.29 is 4.79 Å². The third kappa shape index (κ3) is 2.49. The summed E-state index contributed by atoms with van der Waals surface area (Å²) in [6.45, 7) is 1.41. The van der Waals surface area contributed by atoms with Crippen molar-refractivity contribution in [2.24, 2.45) is 0 Å². The van der Waals surface area contributed by atoms with Gasteiger partial charge in [-0.25, -0.2) is 4.98 Å². The summed E-state index contributed by atoms with van der Waals surface area (Å²) in [5, 5.41) is 0.465. The van der Waals surface area contributed by atoms with Gasteiger partial charge < -0.3 is 4.57 Å². The van der Waals surface area contributed by atoms with Gasteiger partial charge in [0.05, 0.1) is 10.9 Å². The molecule has 0 aromatic carbocycles. The lowest BCUT2D eigenvalue weighted by Crippen LogP contribution is -2.19. The summed E-state index contributed by atoms with van der Waals surface area (Å²) >= 11 is 3.56. The Bertz CT molecular complexity index is 849. The second-order valence-corrected chi connectivity index (χ2v) is 6.11. The van der Waals surface area contributed by atoms with Crippen LogP contribution < -0.4 is 5.43 Å². The molecule has 0 saturated heterocycles. The molecule has 2 aromatic rings. The summed E-state index contributed by atoms with van der Waals surface area (Å²) in [5.41, 5.74) is 1.50. The van der Waals surface area contributed by atoms with Crippen LogP contribution in [-0.2, 0) is 0 Å². The largest absolute Gasteiger partial charge is 0.304 e. The topological polar surface area (TPSA) is 52.0 Å². The smallest absolute Gasteiger partial charge is 0.201 e. The predicted molar refractivity (Wildman–Crippen MR) is 86.8 cm³/mol. The van der Waals surface area contributed by atoms with Crippen LogP contribution in [-0.4, -0.2) is 20.2 Å². The van der Waals surface area contributed by atoms with Gasteiger partial charge in [0.2, 0.25) is 5.43 Å². The van der Waals surface area contributed by atoms with E-state index in [0.717, 1.165) is 12.1 Å². The van der Waals surface area contributed by atoms with Crippen LogP contribution in [0.1, 0.15) is 23.7 Å². The highest BCUT2D eigenvalue weighted by molar-refractivity contribution is 9.09. The number of hydrogen-bond donors (Lipinski definition) is 0. The van der Waals surface area contributed by atoms with Crippen LogP contribution in [0.4, 0.5) is 0 Å². The number of ketones is 1. The van der Waals surface area contributed by atoms with E-state index in [9.17, 15) is 9.59 Å². The molecule has 0 spiro atoms. The second kappa shape index (κ2) is 5.41. The number of nitrogens with zero attached hydrogens (tertiary/aromatic N) is 2. The van der Waals surface area contributed by atoms with Crippen LogP contribution in [0.2, 0.25) is 0 Å². The van der Waals surface area contributed by atoms with Crippen molar-refractivity contribution >= 4 is 38.4 Å². The Kier molecular flexibility index (Phi) is 3.59. The van der Waals surface area contributed by atoms with Gasteiger partial charge >= 0.3 is 0 Å². The summed E-state index contributed by atoms with van der Waals surface area (Å²) in [7, 11) is 0. The summed E-state index contributed by atoms with van der Waals surface area (Å²) in [6.07, 6.45) is 10.00. The van der Waals surface area contributed by atoms with Crippen LogP contribution in [0.3, 0.4) is 0 Å². The molecule has 106 valence electrons. The Balaban J connectivity index is 2.34. The first-order valence-corrected chi connectivity index (χ1v) is 7.52. The summed E-state index contributed by atoms with van der Waals surface area (Å²) < 4.78 is 1.84. The zero-order valence-corrected chi connectivity index (χ0v) is 13.0. The number of Topliss-reactive ketones (excluding diaryl/α,β-unsaturated/α-hetero) is 1. The maximum atomic E-state index is 12.4. The van der Waals surface area contributed by atoms with Crippen molar-refractivity contribution in [3.8, 4) is 0 Å². The first-order chi connectivity index (χ1) is 10.1. The van der Waals surface area contributed by atoms with Crippen LogP contribution >= 0.6 is 15.9 Å². The number of alkyl halides is 1. The van der Waals surface area contributed by atoms with Gasteiger partial charge in [0.25, 0.3) is 0 Å². The van der Waals surface area contributed by atoms with Gasteiger partial charge in [0.1, 0.15) is 5.65 Å². The number of pyridine rings is 2. The van der Waals surface area contributed by atoms with Gasteiger partial charge in [0.15, 0.2) is 5.78 Å². The summed E-state index contributed by atoms with van der Waals surface area (Å²) in [5.74, 6) is -0.234. The fourth-order valence-electron chi connectivity index (χ4n) is 2.43. The van der Waals surface area contributed by atoms with E-state index < -0.39 is 0 Å². The van der Waals surface area contributed by atoms with Crippen molar-refractivity contribution in [3.63, 3.8) is 0 Å². The predicted octanol–water partition coefficient (Wildman–Crippen LogP) is 3.16. The van der Waals surface area contributed by atoms with E-state index in [4.69, 9.17) is 0 Å². The molecular formula is C16H13BrN2O2. The summed E-state index contributed by atoms with van der Waals surface area (Å²) in [6, 6.07) is 3.42. The van der Waals surface area contributed by atoms with Crippen LogP contribution in [0.5, 0.6) is 0 Å². The molecule has 0 bridgehead atoms. The number of rotatable bonds is 2. The minimum absolute atomic E-state index is 0.192. The van der Waals surface area contributed by atoms with Crippen molar-refractivity contribution in [2.75, 3.05) is 0 Å². The fourth-order valence-corrected chi connectivity index (χ4v) is 2.94. The van der Waals surface area contributed by atoms with E-state index in [2.05, 4.69) is 20.9 Å². The van der Waals surface area contributed by atoms with E-state index in [-0.39, 0.29) is 21.6 Å². The standard InChI is InChI=1S/C16H13BrN2O2/c1-10(20)14-9-19(12-5-2-4-11(17)8-12)16-13(15(14)21)6-3-7-18-16/h2-7,9,11H,8H2,1H3. The van der Waals surface area contributed by atoms with E-state index in [1.165, 1.54) is 6.92 Å². The number of fused-ring (bicyclic) bond motifs is 1. The van der Waals surface area contributed by atoms with Crippen molar-refractivity contribution in [3.05, 3.63) is 58.5 Å². The average Bonchev–Trinajstić information content (AvgIpc) is 2.47. The molecule has 0 saturated carbocycles. The van der Waals surface area contributed by atoms with Gasteiger partial charge in [-0.3, -0.25) is 9.59 Å². The molecule has 0 radical (unpaired) electrons. The zero-order valence-electron chi connectivity index (χ0n) is 11.4. The molecule has 2 aromatic heterocycles. The summed E-state index contributed by atoms with van der Waals surface area (Å²) in [4.78, 5) is 28.6. The molecule has 5 heteroatoms. The highest BCUT2D eigenvalue weighted by atomic mass is 79.9. The van der Waals surface area contributed by atoms with Crippen molar-refractivity contribution in [1.82, 2.24) is 9.55 Å². The number of carbonyl (C=O) groups excluding carboxylic acids is 1. The van der Waals surface area contributed by atoms with Gasteiger partial charge in [-0.2, -0.15) is 0 Å². The van der Waals surface area contributed by atoms with E-state index in [1.807, 2.05) is 22.8 Å².